The Morgan fingerprint density at radius 1 is 1.56 bits per heavy atom. The normalized spacial score (nSPS) is 19.2. The van der Waals surface area contributed by atoms with Crippen LogP contribution < -0.4 is 5.32 Å². The summed E-state index contributed by atoms with van der Waals surface area (Å²) < 4.78 is 12.9. The van der Waals surface area contributed by atoms with E-state index in [0.29, 0.717) is 12.2 Å². The summed E-state index contributed by atoms with van der Waals surface area (Å²) in [4.78, 5) is 24.7. The Labute approximate surface area is 109 Å². The first kappa shape index (κ1) is 12.8. The Balaban J connectivity index is 2.03. The molecule has 0 aliphatic carbocycles. The van der Waals surface area contributed by atoms with Crippen molar-refractivity contribution in [1.29, 1.82) is 0 Å². The first-order valence-corrected chi connectivity index (χ1v) is 5.85. The lowest BCUT2D eigenvalue weighted by Gasteiger charge is -2.11. The van der Waals surface area contributed by atoms with E-state index in [9.17, 15) is 14.0 Å². The Bertz CT molecular complexity index is 507. The zero-order valence-corrected chi connectivity index (χ0v) is 10.5. The Morgan fingerprint density at radius 3 is 2.83 bits per heavy atom. The summed E-state index contributed by atoms with van der Waals surface area (Å²) >= 11 is 5.61. The maximum Gasteiger partial charge on any atom is 0.229 e. The van der Waals surface area contributed by atoms with Gasteiger partial charge in [0.25, 0.3) is 0 Å². The standard InChI is InChI=1S/C12H12ClFN2O2/c1-16-6-7(4-11(16)17)12(18)15-8-2-3-10(14)9(13)5-8/h2-3,5,7H,4,6H2,1H3,(H,15,18)/t7-/m1/s1. The van der Waals surface area contributed by atoms with Gasteiger partial charge in [0.2, 0.25) is 11.8 Å². The summed E-state index contributed by atoms with van der Waals surface area (Å²) in [5, 5.41) is 2.58. The molecule has 1 aliphatic rings. The van der Waals surface area contributed by atoms with Crippen LogP contribution in [-0.2, 0) is 9.59 Å². The molecule has 0 unspecified atom stereocenters. The zero-order chi connectivity index (χ0) is 13.3. The zero-order valence-electron chi connectivity index (χ0n) is 9.74. The molecule has 1 aliphatic heterocycles. The SMILES string of the molecule is CN1C[C@H](C(=O)Nc2ccc(F)c(Cl)c2)CC1=O. The molecule has 1 heterocycles. The molecule has 96 valence electrons. The maximum atomic E-state index is 12.9. The van der Waals surface area contributed by atoms with E-state index < -0.39 is 5.82 Å². The van der Waals surface area contributed by atoms with Crippen molar-refractivity contribution in [2.24, 2.45) is 5.92 Å². The van der Waals surface area contributed by atoms with E-state index >= 15 is 0 Å². The second-order valence-electron chi connectivity index (χ2n) is 4.29. The topological polar surface area (TPSA) is 49.4 Å². The molecule has 2 rings (SSSR count). The van der Waals surface area contributed by atoms with Crippen molar-refractivity contribution in [2.45, 2.75) is 6.42 Å². The van der Waals surface area contributed by atoms with Gasteiger partial charge in [-0.25, -0.2) is 4.39 Å². The van der Waals surface area contributed by atoms with E-state index in [1.165, 1.54) is 23.1 Å². The minimum Gasteiger partial charge on any atom is -0.345 e. The largest absolute Gasteiger partial charge is 0.345 e. The number of anilines is 1. The molecule has 1 aromatic carbocycles. The summed E-state index contributed by atoms with van der Waals surface area (Å²) in [7, 11) is 1.66. The summed E-state index contributed by atoms with van der Waals surface area (Å²) in [6.07, 6.45) is 0.206. The van der Waals surface area contributed by atoms with Gasteiger partial charge in [-0.2, -0.15) is 0 Å². The average molecular weight is 271 g/mol. The van der Waals surface area contributed by atoms with Gasteiger partial charge >= 0.3 is 0 Å². The van der Waals surface area contributed by atoms with Crippen LogP contribution >= 0.6 is 11.6 Å². The smallest absolute Gasteiger partial charge is 0.229 e. The molecule has 0 bridgehead atoms. The number of nitrogens with zero attached hydrogens (tertiary/aromatic N) is 1. The van der Waals surface area contributed by atoms with Gasteiger partial charge in [0.15, 0.2) is 0 Å². The highest BCUT2D eigenvalue weighted by atomic mass is 35.5. The number of amides is 2. The van der Waals surface area contributed by atoms with Crippen LogP contribution in [0.25, 0.3) is 0 Å². The highest BCUT2D eigenvalue weighted by molar-refractivity contribution is 6.31. The molecule has 0 spiro atoms. The highest BCUT2D eigenvalue weighted by Crippen LogP contribution is 2.22. The number of rotatable bonds is 2. The molecule has 2 amide bonds. The van der Waals surface area contributed by atoms with Crippen molar-refractivity contribution in [2.75, 3.05) is 18.9 Å². The molecule has 1 N–H and O–H groups in total. The van der Waals surface area contributed by atoms with Crippen molar-refractivity contribution in [3.8, 4) is 0 Å². The summed E-state index contributed by atoms with van der Waals surface area (Å²) in [5.74, 6) is -1.21. The van der Waals surface area contributed by atoms with Crippen LogP contribution in [0.5, 0.6) is 0 Å². The monoisotopic (exact) mass is 270 g/mol. The van der Waals surface area contributed by atoms with Gasteiger partial charge < -0.3 is 10.2 Å². The second-order valence-corrected chi connectivity index (χ2v) is 4.70. The predicted octanol–water partition coefficient (Wildman–Crippen LogP) is 1.90. The van der Waals surface area contributed by atoms with E-state index in [2.05, 4.69) is 5.32 Å². The van der Waals surface area contributed by atoms with E-state index in [1.54, 1.807) is 7.05 Å². The van der Waals surface area contributed by atoms with Gasteiger partial charge in [-0.15, -0.1) is 0 Å². The van der Waals surface area contributed by atoms with Crippen LogP contribution in [0.4, 0.5) is 10.1 Å². The predicted molar refractivity (Wildman–Crippen MR) is 65.8 cm³/mol. The number of hydrogen-bond donors (Lipinski definition) is 1. The van der Waals surface area contributed by atoms with Crippen molar-refractivity contribution >= 4 is 29.1 Å². The number of carbonyl (C=O) groups excluding carboxylic acids is 2. The first-order valence-electron chi connectivity index (χ1n) is 5.47. The molecular formula is C12H12ClFN2O2. The summed E-state index contributed by atoms with van der Waals surface area (Å²) in [6, 6.07) is 3.96. The van der Waals surface area contributed by atoms with Gasteiger partial charge in [-0.3, -0.25) is 9.59 Å². The van der Waals surface area contributed by atoms with E-state index in [0.717, 1.165) is 0 Å². The Kier molecular flexibility index (Phi) is 3.52. The molecule has 1 atom stereocenters. The third kappa shape index (κ3) is 2.61. The van der Waals surface area contributed by atoms with Crippen molar-refractivity contribution in [3.05, 3.63) is 29.0 Å². The van der Waals surface area contributed by atoms with Gasteiger partial charge in [-0.05, 0) is 18.2 Å². The first-order chi connectivity index (χ1) is 8.47. The molecular weight excluding hydrogens is 259 g/mol. The minimum atomic E-state index is -0.537. The summed E-state index contributed by atoms with van der Waals surface area (Å²) in [5.41, 5.74) is 0.424. The maximum absolute atomic E-state index is 12.9. The Hall–Kier alpha value is -1.62. The fourth-order valence-electron chi connectivity index (χ4n) is 1.86. The van der Waals surface area contributed by atoms with Crippen molar-refractivity contribution in [3.63, 3.8) is 0 Å². The van der Waals surface area contributed by atoms with Crippen LogP contribution in [0.3, 0.4) is 0 Å². The number of nitrogens with one attached hydrogen (secondary N) is 1. The van der Waals surface area contributed by atoms with Crippen LogP contribution in [0.1, 0.15) is 6.42 Å². The fourth-order valence-corrected chi connectivity index (χ4v) is 2.04. The third-order valence-electron chi connectivity index (χ3n) is 2.90. The van der Waals surface area contributed by atoms with Crippen LogP contribution in [0.15, 0.2) is 18.2 Å². The molecule has 4 nitrogen and oxygen atoms in total. The second kappa shape index (κ2) is 4.94. The number of likely N-dealkylation sites (tertiary alicyclic amines) is 1. The van der Waals surface area contributed by atoms with Crippen LogP contribution in [0, 0.1) is 11.7 Å². The van der Waals surface area contributed by atoms with Crippen LogP contribution in [-0.4, -0.2) is 30.3 Å². The highest BCUT2D eigenvalue weighted by Gasteiger charge is 2.32. The van der Waals surface area contributed by atoms with E-state index in [1.807, 2.05) is 0 Å². The van der Waals surface area contributed by atoms with Crippen LogP contribution in [0.2, 0.25) is 5.02 Å². The lowest BCUT2D eigenvalue weighted by Crippen LogP contribution is -2.25. The summed E-state index contributed by atoms with van der Waals surface area (Å²) in [6.45, 7) is 0.402. The van der Waals surface area contributed by atoms with Gasteiger partial charge in [0, 0.05) is 25.7 Å². The molecule has 18 heavy (non-hydrogen) atoms. The third-order valence-corrected chi connectivity index (χ3v) is 3.19. The molecule has 0 radical (unpaired) electrons. The van der Waals surface area contributed by atoms with Crippen molar-refractivity contribution < 1.29 is 14.0 Å². The fraction of sp³-hybridized carbons (Fsp3) is 0.333. The van der Waals surface area contributed by atoms with E-state index in [4.69, 9.17) is 11.6 Å². The molecule has 6 heteroatoms. The average Bonchev–Trinajstić information content (AvgIpc) is 2.65. The van der Waals surface area contributed by atoms with E-state index in [-0.39, 0.29) is 29.2 Å². The molecule has 0 saturated carbocycles. The lowest BCUT2D eigenvalue weighted by molar-refractivity contribution is -0.127. The van der Waals surface area contributed by atoms with Gasteiger partial charge in [0.1, 0.15) is 5.82 Å². The van der Waals surface area contributed by atoms with Gasteiger partial charge in [0.05, 0.1) is 10.9 Å². The number of benzene rings is 1. The molecule has 1 aromatic rings. The number of halogens is 2. The lowest BCUT2D eigenvalue weighted by atomic mass is 10.1. The molecule has 1 fully saturated rings. The van der Waals surface area contributed by atoms with Crippen molar-refractivity contribution in [1.82, 2.24) is 4.90 Å². The number of carbonyl (C=O) groups is 2. The molecule has 1 saturated heterocycles. The minimum absolute atomic E-state index is 0.0487. The number of hydrogen-bond acceptors (Lipinski definition) is 2. The van der Waals surface area contributed by atoms with Gasteiger partial charge in [-0.1, -0.05) is 11.6 Å². The Morgan fingerprint density at radius 2 is 2.28 bits per heavy atom. The molecule has 0 aromatic heterocycles. The quantitative estimate of drug-likeness (QED) is 0.892.